The highest BCUT2D eigenvalue weighted by atomic mass is 16.1. The van der Waals surface area contributed by atoms with E-state index in [0.717, 1.165) is 16.9 Å². The van der Waals surface area contributed by atoms with Crippen molar-refractivity contribution in [3.05, 3.63) is 47.3 Å². The summed E-state index contributed by atoms with van der Waals surface area (Å²) in [5.74, 6) is 0.578. The zero-order valence-corrected chi connectivity index (χ0v) is 14.3. The second-order valence-corrected chi connectivity index (χ2v) is 6.21. The maximum atomic E-state index is 12.5. The van der Waals surface area contributed by atoms with Gasteiger partial charge in [-0.2, -0.15) is 0 Å². The van der Waals surface area contributed by atoms with Gasteiger partial charge in [0.05, 0.1) is 0 Å². The van der Waals surface area contributed by atoms with E-state index in [2.05, 4.69) is 34.4 Å². The number of carbonyl (C=O) groups is 1. The normalized spacial score (nSPS) is 10.9. The molecule has 0 radical (unpaired) electrons. The molecule has 0 unspecified atom stereocenters. The number of hydrogen-bond acceptors (Lipinski definition) is 4. The van der Waals surface area contributed by atoms with Crippen LogP contribution in [0.3, 0.4) is 0 Å². The zero-order chi connectivity index (χ0) is 17.0. The summed E-state index contributed by atoms with van der Waals surface area (Å²) in [4.78, 5) is 21.2. The lowest BCUT2D eigenvalue weighted by atomic mass is 10.0. The average molecular weight is 312 g/mol. The van der Waals surface area contributed by atoms with Crippen LogP contribution in [0.2, 0.25) is 0 Å². The van der Waals surface area contributed by atoms with Crippen LogP contribution < -0.4 is 10.6 Å². The van der Waals surface area contributed by atoms with Crippen molar-refractivity contribution in [1.29, 1.82) is 0 Å². The molecular weight excluding hydrogens is 288 g/mol. The van der Waals surface area contributed by atoms with Crippen molar-refractivity contribution in [3.8, 4) is 0 Å². The number of benzene rings is 1. The highest BCUT2D eigenvalue weighted by Gasteiger charge is 2.14. The molecular formula is C18H24N4O. The van der Waals surface area contributed by atoms with Gasteiger partial charge >= 0.3 is 0 Å². The van der Waals surface area contributed by atoms with E-state index in [1.807, 2.05) is 45.0 Å². The molecule has 1 amide bonds. The summed E-state index contributed by atoms with van der Waals surface area (Å²) >= 11 is 0. The molecule has 0 aliphatic carbocycles. The van der Waals surface area contributed by atoms with Crippen LogP contribution in [-0.4, -0.2) is 21.9 Å². The van der Waals surface area contributed by atoms with Gasteiger partial charge in [-0.3, -0.25) is 4.79 Å². The van der Waals surface area contributed by atoms with Crippen LogP contribution in [-0.2, 0) is 0 Å². The Morgan fingerprint density at radius 2 is 1.78 bits per heavy atom. The van der Waals surface area contributed by atoms with E-state index in [4.69, 9.17) is 0 Å². The van der Waals surface area contributed by atoms with Gasteiger partial charge in [-0.25, -0.2) is 9.97 Å². The first-order chi connectivity index (χ1) is 10.9. The summed E-state index contributed by atoms with van der Waals surface area (Å²) in [7, 11) is 0. The minimum atomic E-state index is -0.226. The third-order valence-electron chi connectivity index (χ3n) is 3.34. The number of nitrogens with one attached hydrogen (secondary N) is 2. The number of nitrogens with zero attached hydrogens (tertiary/aromatic N) is 2. The maximum absolute atomic E-state index is 12.5. The number of para-hydroxylation sites is 1. The first-order valence-corrected chi connectivity index (χ1v) is 7.89. The first kappa shape index (κ1) is 16.9. The molecule has 2 aromatic rings. The highest BCUT2D eigenvalue weighted by Crippen LogP contribution is 2.24. The maximum Gasteiger partial charge on any atom is 0.274 e. The van der Waals surface area contributed by atoms with Crippen molar-refractivity contribution in [3.63, 3.8) is 0 Å². The van der Waals surface area contributed by atoms with E-state index >= 15 is 0 Å². The van der Waals surface area contributed by atoms with Gasteiger partial charge in [-0.1, -0.05) is 32.0 Å². The Labute approximate surface area is 137 Å². The van der Waals surface area contributed by atoms with Crippen molar-refractivity contribution < 1.29 is 4.79 Å². The van der Waals surface area contributed by atoms with E-state index in [0.29, 0.717) is 17.6 Å². The van der Waals surface area contributed by atoms with Gasteiger partial charge in [-0.15, -0.1) is 0 Å². The van der Waals surface area contributed by atoms with Crippen LogP contribution in [0.1, 0.15) is 55.4 Å². The SMILES string of the molecule is Cc1cc(C(=O)Nc2ccccc2C(C)C)nc(NC(C)C)n1. The molecule has 0 saturated carbocycles. The van der Waals surface area contributed by atoms with E-state index in [9.17, 15) is 4.79 Å². The van der Waals surface area contributed by atoms with Crippen molar-refractivity contribution in [2.45, 2.75) is 46.6 Å². The Bertz CT molecular complexity index is 695. The third kappa shape index (κ3) is 4.52. The fourth-order valence-corrected chi connectivity index (χ4v) is 2.31. The lowest BCUT2D eigenvalue weighted by molar-refractivity contribution is 0.102. The lowest BCUT2D eigenvalue weighted by Gasteiger charge is -2.14. The number of aromatic nitrogens is 2. The number of rotatable bonds is 5. The summed E-state index contributed by atoms with van der Waals surface area (Å²) in [6.45, 7) is 10.1. The van der Waals surface area contributed by atoms with Gasteiger partial charge < -0.3 is 10.6 Å². The molecule has 0 spiro atoms. The molecule has 0 aliphatic heterocycles. The van der Waals surface area contributed by atoms with E-state index in [1.165, 1.54) is 0 Å². The molecule has 0 aliphatic rings. The fourth-order valence-electron chi connectivity index (χ4n) is 2.31. The van der Waals surface area contributed by atoms with Gasteiger partial charge in [0.2, 0.25) is 5.95 Å². The Hall–Kier alpha value is -2.43. The molecule has 5 heteroatoms. The third-order valence-corrected chi connectivity index (χ3v) is 3.34. The largest absolute Gasteiger partial charge is 0.352 e. The Morgan fingerprint density at radius 3 is 2.43 bits per heavy atom. The molecule has 1 aromatic carbocycles. The van der Waals surface area contributed by atoms with Crippen LogP contribution in [0.15, 0.2) is 30.3 Å². The molecule has 0 atom stereocenters. The first-order valence-electron chi connectivity index (χ1n) is 7.89. The Balaban J connectivity index is 2.26. The molecule has 0 saturated heterocycles. The topological polar surface area (TPSA) is 66.9 Å². The molecule has 0 fully saturated rings. The van der Waals surface area contributed by atoms with Crippen molar-refractivity contribution >= 4 is 17.5 Å². The number of aryl methyl sites for hydroxylation is 1. The van der Waals surface area contributed by atoms with Crippen LogP contribution in [0.25, 0.3) is 0 Å². The van der Waals surface area contributed by atoms with Crippen molar-refractivity contribution in [2.75, 3.05) is 10.6 Å². The van der Waals surface area contributed by atoms with Crippen molar-refractivity contribution in [1.82, 2.24) is 9.97 Å². The Kier molecular flexibility index (Phi) is 5.32. The van der Waals surface area contributed by atoms with Crippen LogP contribution in [0.5, 0.6) is 0 Å². The number of hydrogen-bond donors (Lipinski definition) is 2. The van der Waals surface area contributed by atoms with E-state index < -0.39 is 0 Å². The fraction of sp³-hybridized carbons (Fsp3) is 0.389. The monoisotopic (exact) mass is 312 g/mol. The van der Waals surface area contributed by atoms with Crippen LogP contribution in [0, 0.1) is 6.92 Å². The molecule has 2 rings (SSSR count). The van der Waals surface area contributed by atoms with E-state index in [-0.39, 0.29) is 11.9 Å². The molecule has 0 bridgehead atoms. The number of amides is 1. The molecule has 1 heterocycles. The molecule has 5 nitrogen and oxygen atoms in total. The van der Waals surface area contributed by atoms with Gasteiger partial charge in [0.15, 0.2) is 0 Å². The van der Waals surface area contributed by atoms with Crippen LogP contribution >= 0.6 is 0 Å². The zero-order valence-electron chi connectivity index (χ0n) is 14.3. The predicted octanol–water partition coefficient (Wildman–Crippen LogP) is 3.98. The van der Waals surface area contributed by atoms with Gasteiger partial charge in [0.25, 0.3) is 5.91 Å². The number of anilines is 2. The van der Waals surface area contributed by atoms with Gasteiger partial charge in [0, 0.05) is 17.4 Å². The van der Waals surface area contributed by atoms with E-state index in [1.54, 1.807) is 6.07 Å². The second kappa shape index (κ2) is 7.22. The minimum absolute atomic E-state index is 0.203. The Morgan fingerprint density at radius 1 is 1.09 bits per heavy atom. The smallest absolute Gasteiger partial charge is 0.274 e. The summed E-state index contributed by atoms with van der Waals surface area (Å²) in [5, 5.41) is 6.09. The summed E-state index contributed by atoms with van der Waals surface area (Å²) < 4.78 is 0. The van der Waals surface area contributed by atoms with Gasteiger partial charge in [0.1, 0.15) is 5.69 Å². The summed E-state index contributed by atoms with van der Waals surface area (Å²) in [5.41, 5.74) is 3.04. The molecule has 122 valence electrons. The highest BCUT2D eigenvalue weighted by molar-refractivity contribution is 6.03. The summed E-state index contributed by atoms with van der Waals surface area (Å²) in [6, 6.07) is 9.72. The predicted molar refractivity (Wildman–Crippen MR) is 94.0 cm³/mol. The lowest BCUT2D eigenvalue weighted by Crippen LogP contribution is -2.19. The van der Waals surface area contributed by atoms with Gasteiger partial charge in [-0.05, 0) is 44.4 Å². The quantitative estimate of drug-likeness (QED) is 0.876. The van der Waals surface area contributed by atoms with Crippen molar-refractivity contribution in [2.24, 2.45) is 0 Å². The average Bonchev–Trinajstić information content (AvgIpc) is 2.46. The molecule has 2 N–H and O–H groups in total. The second-order valence-electron chi connectivity index (χ2n) is 6.21. The standard InChI is InChI=1S/C18H24N4O/c1-11(2)14-8-6-7-9-15(14)21-17(23)16-10-13(5)20-18(22-16)19-12(3)4/h6-12H,1-5H3,(H,21,23)(H,19,20,22). The number of carbonyl (C=O) groups excluding carboxylic acids is 1. The molecule has 1 aromatic heterocycles. The summed E-state index contributed by atoms with van der Waals surface area (Å²) in [6.07, 6.45) is 0. The minimum Gasteiger partial charge on any atom is -0.352 e. The van der Waals surface area contributed by atoms with Crippen LogP contribution in [0.4, 0.5) is 11.6 Å². The molecule has 23 heavy (non-hydrogen) atoms.